The van der Waals surface area contributed by atoms with Crippen molar-refractivity contribution in [3.63, 3.8) is 0 Å². The van der Waals surface area contributed by atoms with Gasteiger partial charge in [-0.05, 0) is 13.8 Å². The quantitative estimate of drug-likeness (QED) is 0.489. The van der Waals surface area contributed by atoms with E-state index in [9.17, 15) is 19.2 Å². The van der Waals surface area contributed by atoms with Gasteiger partial charge in [0.2, 0.25) is 0 Å². The smallest absolute Gasteiger partial charge is 0.364 e. The van der Waals surface area contributed by atoms with Crippen LogP contribution in [0.3, 0.4) is 0 Å². The van der Waals surface area contributed by atoms with Crippen LogP contribution in [0.2, 0.25) is 0 Å². The highest BCUT2D eigenvalue weighted by molar-refractivity contribution is 6.25. The summed E-state index contributed by atoms with van der Waals surface area (Å²) in [5.41, 5.74) is -2.69. The van der Waals surface area contributed by atoms with Crippen LogP contribution < -0.4 is 0 Å². The second-order valence-corrected chi connectivity index (χ2v) is 2.69. The van der Waals surface area contributed by atoms with E-state index in [1.54, 1.807) is 0 Å². The number of ether oxygens (including phenoxy) is 1. The van der Waals surface area contributed by atoms with E-state index in [0.29, 0.717) is 0 Å². The van der Waals surface area contributed by atoms with Crippen LogP contribution in [-0.4, -0.2) is 34.2 Å². The minimum atomic E-state index is -2.69. The Morgan fingerprint density at radius 1 is 1.00 bits per heavy atom. The van der Waals surface area contributed by atoms with Crippen molar-refractivity contribution < 1.29 is 29.0 Å². The average molecular weight is 202 g/mol. The number of esters is 1. The third-order valence-corrected chi connectivity index (χ3v) is 1.59. The van der Waals surface area contributed by atoms with Crippen LogP contribution in [-0.2, 0) is 23.9 Å². The molecule has 0 spiro atoms. The van der Waals surface area contributed by atoms with Crippen LogP contribution in [0.1, 0.15) is 20.8 Å². The van der Waals surface area contributed by atoms with E-state index in [1.807, 2.05) is 0 Å². The Kier molecular flexibility index (Phi) is 3.50. The first kappa shape index (κ1) is 12.3. The molecule has 0 fully saturated rings. The molecule has 0 heterocycles. The van der Waals surface area contributed by atoms with Gasteiger partial charge in [0, 0.05) is 6.92 Å². The lowest BCUT2D eigenvalue weighted by Gasteiger charge is -2.22. The summed E-state index contributed by atoms with van der Waals surface area (Å²) in [6.45, 7) is 2.67. The molecule has 0 aliphatic carbocycles. The molecule has 0 aliphatic rings. The van der Waals surface area contributed by atoms with E-state index < -0.39 is 29.1 Å². The van der Waals surface area contributed by atoms with Gasteiger partial charge in [-0.15, -0.1) is 0 Å². The number of hydrogen-bond donors (Lipinski definition) is 1. The Morgan fingerprint density at radius 3 is 1.43 bits per heavy atom. The number of carbonyl (C=O) groups excluding carboxylic acids is 3. The summed E-state index contributed by atoms with van der Waals surface area (Å²) in [5.74, 6) is -4.86. The summed E-state index contributed by atoms with van der Waals surface area (Å²) in [6, 6.07) is 0. The molecule has 14 heavy (non-hydrogen) atoms. The number of Topliss-reactive ketones (excluding diaryl/α,β-unsaturated/α-hetero) is 2. The van der Waals surface area contributed by atoms with Gasteiger partial charge < -0.3 is 9.84 Å². The molecule has 0 amide bonds. The van der Waals surface area contributed by atoms with Crippen molar-refractivity contribution in [3.8, 4) is 0 Å². The molecule has 0 radical (unpaired) electrons. The summed E-state index contributed by atoms with van der Waals surface area (Å²) in [7, 11) is 0. The molecular formula is C8H10O6. The number of hydrogen-bond acceptors (Lipinski definition) is 5. The molecule has 78 valence electrons. The molecule has 1 N–H and O–H groups in total. The lowest BCUT2D eigenvalue weighted by molar-refractivity contribution is -0.183. The predicted molar refractivity (Wildman–Crippen MR) is 43.5 cm³/mol. The molecule has 0 rings (SSSR count). The lowest BCUT2D eigenvalue weighted by atomic mass is 9.94. The highest BCUT2D eigenvalue weighted by Gasteiger charge is 2.52. The standard InChI is InChI=1S/C8H10O6/c1-4(9)8(5(2)10,7(12)13)14-6(3)11/h1-3H3,(H,12,13). The van der Waals surface area contributed by atoms with Crippen LogP contribution in [0.4, 0.5) is 0 Å². The van der Waals surface area contributed by atoms with Gasteiger partial charge in [0.15, 0.2) is 11.6 Å². The molecule has 0 aromatic rings. The molecule has 0 aromatic heterocycles. The van der Waals surface area contributed by atoms with Gasteiger partial charge in [-0.3, -0.25) is 14.4 Å². The summed E-state index contributed by atoms with van der Waals surface area (Å²) in [6.07, 6.45) is 0. The van der Waals surface area contributed by atoms with Gasteiger partial charge in [0.05, 0.1) is 0 Å². The fourth-order valence-corrected chi connectivity index (χ4v) is 0.952. The zero-order valence-corrected chi connectivity index (χ0v) is 7.99. The molecule has 6 nitrogen and oxygen atoms in total. The van der Waals surface area contributed by atoms with Crippen molar-refractivity contribution in [3.05, 3.63) is 0 Å². The van der Waals surface area contributed by atoms with Gasteiger partial charge in [0.25, 0.3) is 0 Å². The minimum absolute atomic E-state index is 0.873. The first-order valence-corrected chi connectivity index (χ1v) is 3.70. The molecule has 0 aliphatic heterocycles. The number of carboxylic acids is 1. The monoisotopic (exact) mass is 202 g/mol. The summed E-state index contributed by atoms with van der Waals surface area (Å²) < 4.78 is 4.28. The third kappa shape index (κ3) is 1.95. The predicted octanol–water partition coefficient (Wildman–Crippen LogP) is -0.449. The molecular weight excluding hydrogens is 192 g/mol. The van der Waals surface area contributed by atoms with E-state index in [2.05, 4.69) is 4.74 Å². The number of aliphatic carboxylic acids is 1. The second-order valence-electron chi connectivity index (χ2n) is 2.69. The Morgan fingerprint density at radius 2 is 1.36 bits per heavy atom. The lowest BCUT2D eigenvalue weighted by Crippen LogP contribution is -2.54. The third-order valence-electron chi connectivity index (χ3n) is 1.59. The maximum Gasteiger partial charge on any atom is 0.364 e. The normalized spacial score (nSPS) is 10.5. The van der Waals surface area contributed by atoms with Crippen molar-refractivity contribution in [2.24, 2.45) is 0 Å². The molecule has 0 atom stereocenters. The van der Waals surface area contributed by atoms with E-state index in [0.717, 1.165) is 20.8 Å². The van der Waals surface area contributed by atoms with Crippen molar-refractivity contribution in [1.29, 1.82) is 0 Å². The zero-order chi connectivity index (χ0) is 11.5. The fraction of sp³-hybridized carbons (Fsp3) is 0.500. The Bertz CT molecular complexity index is 267. The minimum Gasteiger partial charge on any atom is -0.478 e. The van der Waals surface area contributed by atoms with E-state index >= 15 is 0 Å². The van der Waals surface area contributed by atoms with E-state index in [1.165, 1.54) is 0 Å². The van der Waals surface area contributed by atoms with Gasteiger partial charge >= 0.3 is 17.5 Å². The van der Waals surface area contributed by atoms with Crippen LogP contribution in [0.15, 0.2) is 0 Å². The molecule has 0 aromatic carbocycles. The second kappa shape index (κ2) is 3.99. The maximum atomic E-state index is 11.0. The fourth-order valence-electron chi connectivity index (χ4n) is 0.952. The molecule has 0 unspecified atom stereocenters. The highest BCUT2D eigenvalue weighted by Crippen LogP contribution is 2.15. The number of ketones is 2. The number of carboxylic acid groups (broad SMARTS) is 1. The van der Waals surface area contributed by atoms with Crippen molar-refractivity contribution in [2.45, 2.75) is 26.4 Å². The van der Waals surface area contributed by atoms with Crippen molar-refractivity contribution >= 4 is 23.5 Å². The van der Waals surface area contributed by atoms with Crippen molar-refractivity contribution in [2.75, 3.05) is 0 Å². The van der Waals surface area contributed by atoms with E-state index in [4.69, 9.17) is 5.11 Å². The molecule has 0 saturated carbocycles. The summed E-state index contributed by atoms with van der Waals surface area (Å²) in [4.78, 5) is 43.3. The SMILES string of the molecule is CC(=O)OC(C(C)=O)(C(C)=O)C(=O)O. The van der Waals surface area contributed by atoms with Crippen LogP contribution in [0.25, 0.3) is 0 Å². The van der Waals surface area contributed by atoms with Gasteiger partial charge in [-0.25, -0.2) is 4.79 Å². The zero-order valence-electron chi connectivity index (χ0n) is 7.99. The first-order valence-electron chi connectivity index (χ1n) is 3.70. The van der Waals surface area contributed by atoms with Crippen LogP contribution in [0, 0.1) is 0 Å². The summed E-state index contributed by atoms with van der Waals surface area (Å²) in [5, 5.41) is 8.69. The number of carbonyl (C=O) groups is 4. The van der Waals surface area contributed by atoms with Gasteiger partial charge in [-0.2, -0.15) is 0 Å². The Hall–Kier alpha value is -1.72. The number of rotatable bonds is 4. The molecule has 6 heteroatoms. The van der Waals surface area contributed by atoms with Crippen LogP contribution >= 0.6 is 0 Å². The maximum absolute atomic E-state index is 11.0. The van der Waals surface area contributed by atoms with E-state index in [-0.39, 0.29) is 0 Å². The van der Waals surface area contributed by atoms with Gasteiger partial charge in [0.1, 0.15) is 0 Å². The van der Waals surface area contributed by atoms with Gasteiger partial charge in [-0.1, -0.05) is 0 Å². The first-order chi connectivity index (χ1) is 6.25. The largest absolute Gasteiger partial charge is 0.478 e. The molecule has 0 saturated heterocycles. The molecule has 0 bridgehead atoms. The Balaban J connectivity index is 5.38. The highest BCUT2D eigenvalue weighted by atomic mass is 16.6. The average Bonchev–Trinajstić information content (AvgIpc) is 1.97. The van der Waals surface area contributed by atoms with Crippen LogP contribution in [0.5, 0.6) is 0 Å². The Labute approximate surface area is 79.8 Å². The topological polar surface area (TPSA) is 97.7 Å². The summed E-state index contributed by atoms with van der Waals surface area (Å²) >= 11 is 0. The van der Waals surface area contributed by atoms with Crippen molar-refractivity contribution in [1.82, 2.24) is 0 Å².